The van der Waals surface area contributed by atoms with Crippen molar-refractivity contribution < 1.29 is 9.21 Å². The van der Waals surface area contributed by atoms with Crippen LogP contribution in [0.3, 0.4) is 0 Å². The lowest BCUT2D eigenvalue weighted by molar-refractivity contribution is 0.102. The molecule has 6 nitrogen and oxygen atoms in total. The largest absolute Gasteiger partial charge is 0.467 e. The highest BCUT2D eigenvalue weighted by Crippen LogP contribution is 2.38. The SMILES string of the molecule is Cc1cc(C(=O)CSc2nc(N)c3c4c(sc3n2)CCCC4)c(C)n1Cc1ccco1. The third-order valence-corrected chi connectivity index (χ3v) is 7.96. The van der Waals surface area contributed by atoms with Gasteiger partial charge in [0.05, 0.1) is 23.9 Å². The lowest BCUT2D eigenvalue weighted by atomic mass is 9.97. The molecule has 4 aromatic rings. The molecule has 2 N–H and O–H groups in total. The Labute approximate surface area is 188 Å². The number of carbonyl (C=O) groups excluding carboxylic acids is 1. The molecular formula is C23H24N4O2S2. The van der Waals surface area contributed by atoms with Crippen LogP contribution in [0.4, 0.5) is 5.82 Å². The monoisotopic (exact) mass is 452 g/mol. The van der Waals surface area contributed by atoms with Crippen molar-refractivity contribution in [2.75, 3.05) is 11.5 Å². The molecule has 5 rings (SSSR count). The summed E-state index contributed by atoms with van der Waals surface area (Å²) in [7, 11) is 0. The number of rotatable bonds is 6. The molecule has 0 atom stereocenters. The second-order valence-electron chi connectivity index (χ2n) is 7.94. The van der Waals surface area contributed by atoms with Crippen LogP contribution in [0.5, 0.6) is 0 Å². The first-order valence-electron chi connectivity index (χ1n) is 10.4. The zero-order valence-corrected chi connectivity index (χ0v) is 19.2. The van der Waals surface area contributed by atoms with E-state index in [-0.39, 0.29) is 11.5 Å². The summed E-state index contributed by atoms with van der Waals surface area (Å²) in [6.45, 7) is 4.60. The second-order valence-corrected chi connectivity index (χ2v) is 9.97. The fourth-order valence-corrected chi connectivity index (χ4v) is 6.38. The molecule has 1 aliphatic rings. The first kappa shape index (κ1) is 20.3. The Hall–Kier alpha value is -2.58. The van der Waals surface area contributed by atoms with Crippen LogP contribution < -0.4 is 5.73 Å². The average molecular weight is 453 g/mol. The predicted octanol–water partition coefficient (Wildman–Crippen LogP) is 5.19. The van der Waals surface area contributed by atoms with Gasteiger partial charge in [0.2, 0.25) is 0 Å². The van der Waals surface area contributed by atoms with E-state index in [9.17, 15) is 4.79 Å². The number of aryl methyl sites for hydroxylation is 3. The fraction of sp³-hybridized carbons (Fsp3) is 0.348. The quantitative estimate of drug-likeness (QED) is 0.246. The van der Waals surface area contributed by atoms with Crippen LogP contribution >= 0.6 is 23.1 Å². The van der Waals surface area contributed by atoms with Crippen LogP contribution in [0.2, 0.25) is 0 Å². The molecule has 0 unspecified atom stereocenters. The summed E-state index contributed by atoms with van der Waals surface area (Å²) in [4.78, 5) is 24.5. The third-order valence-electron chi connectivity index (χ3n) is 5.92. The predicted molar refractivity (Wildman–Crippen MR) is 125 cm³/mol. The van der Waals surface area contributed by atoms with E-state index in [0.29, 0.717) is 17.5 Å². The van der Waals surface area contributed by atoms with Crippen LogP contribution in [0.15, 0.2) is 34.0 Å². The highest BCUT2D eigenvalue weighted by atomic mass is 32.2. The number of furan rings is 1. The Morgan fingerprint density at radius 2 is 2.13 bits per heavy atom. The van der Waals surface area contributed by atoms with Crippen molar-refractivity contribution in [1.82, 2.24) is 14.5 Å². The van der Waals surface area contributed by atoms with Gasteiger partial charge in [-0.1, -0.05) is 11.8 Å². The highest BCUT2D eigenvalue weighted by molar-refractivity contribution is 7.99. The first-order chi connectivity index (χ1) is 15.0. The molecule has 0 bridgehead atoms. The molecule has 160 valence electrons. The number of fused-ring (bicyclic) bond motifs is 3. The molecule has 4 aromatic heterocycles. The van der Waals surface area contributed by atoms with Crippen molar-refractivity contribution in [2.24, 2.45) is 0 Å². The summed E-state index contributed by atoms with van der Waals surface area (Å²) in [5.74, 6) is 1.75. The van der Waals surface area contributed by atoms with E-state index < -0.39 is 0 Å². The van der Waals surface area contributed by atoms with Gasteiger partial charge in [0.25, 0.3) is 0 Å². The number of carbonyl (C=O) groups is 1. The van der Waals surface area contributed by atoms with Crippen LogP contribution in [0.25, 0.3) is 10.2 Å². The Morgan fingerprint density at radius 3 is 2.94 bits per heavy atom. The van der Waals surface area contributed by atoms with Gasteiger partial charge in [-0.15, -0.1) is 11.3 Å². The molecule has 0 aliphatic heterocycles. The normalized spacial score (nSPS) is 13.6. The number of ketones is 1. The van der Waals surface area contributed by atoms with Gasteiger partial charge in [-0.3, -0.25) is 4.79 Å². The highest BCUT2D eigenvalue weighted by Gasteiger charge is 2.21. The van der Waals surface area contributed by atoms with E-state index in [4.69, 9.17) is 15.1 Å². The van der Waals surface area contributed by atoms with Gasteiger partial charge < -0.3 is 14.7 Å². The molecule has 31 heavy (non-hydrogen) atoms. The summed E-state index contributed by atoms with van der Waals surface area (Å²) in [6.07, 6.45) is 6.24. The first-order valence-corrected chi connectivity index (χ1v) is 12.2. The minimum Gasteiger partial charge on any atom is -0.467 e. The minimum absolute atomic E-state index is 0.0662. The number of nitrogens with two attached hydrogens (primary N) is 1. The number of hydrogen-bond acceptors (Lipinski definition) is 7. The number of nitrogen functional groups attached to an aromatic ring is 1. The maximum Gasteiger partial charge on any atom is 0.191 e. The van der Waals surface area contributed by atoms with Gasteiger partial charge in [0, 0.05) is 21.8 Å². The van der Waals surface area contributed by atoms with Crippen LogP contribution in [0, 0.1) is 13.8 Å². The zero-order valence-electron chi connectivity index (χ0n) is 17.6. The average Bonchev–Trinajstić information content (AvgIpc) is 3.46. The van der Waals surface area contributed by atoms with Gasteiger partial charge in [0.1, 0.15) is 16.4 Å². The standard InChI is InChI=1S/C23H24N4O2S2/c1-13-10-17(14(2)27(13)11-15-6-5-9-29-15)18(28)12-30-23-25-21(24)20-16-7-3-4-8-19(16)31-22(20)26-23/h5-6,9-10H,3-4,7-8,11-12H2,1-2H3,(H2,24,25,26). The van der Waals surface area contributed by atoms with Gasteiger partial charge in [0.15, 0.2) is 10.9 Å². The Kier molecular flexibility index (Phi) is 5.35. The van der Waals surface area contributed by atoms with E-state index in [1.165, 1.54) is 35.0 Å². The molecule has 0 saturated heterocycles. The molecule has 0 saturated carbocycles. The van der Waals surface area contributed by atoms with Gasteiger partial charge >= 0.3 is 0 Å². The third kappa shape index (κ3) is 3.78. The molecular weight excluding hydrogens is 428 g/mol. The molecule has 4 heterocycles. The molecule has 8 heteroatoms. The summed E-state index contributed by atoms with van der Waals surface area (Å²) >= 11 is 3.08. The van der Waals surface area contributed by atoms with E-state index in [1.54, 1.807) is 17.6 Å². The molecule has 0 amide bonds. The number of nitrogens with zero attached hydrogens (tertiary/aromatic N) is 3. The topological polar surface area (TPSA) is 86.9 Å². The van der Waals surface area contributed by atoms with E-state index in [1.807, 2.05) is 32.0 Å². The lowest BCUT2D eigenvalue weighted by Crippen LogP contribution is -2.08. The maximum atomic E-state index is 13.0. The van der Waals surface area contributed by atoms with Crippen LogP contribution in [-0.4, -0.2) is 26.1 Å². The Bertz CT molecular complexity index is 1270. The summed E-state index contributed by atoms with van der Waals surface area (Å²) in [5, 5.41) is 1.60. The van der Waals surface area contributed by atoms with Crippen molar-refractivity contribution in [3.8, 4) is 0 Å². The lowest BCUT2D eigenvalue weighted by Gasteiger charge is -2.10. The number of thioether (sulfide) groups is 1. The van der Waals surface area contributed by atoms with Gasteiger partial charge in [-0.2, -0.15) is 0 Å². The molecule has 0 aromatic carbocycles. The molecule has 0 fully saturated rings. The number of thiophene rings is 1. The Morgan fingerprint density at radius 1 is 1.29 bits per heavy atom. The minimum atomic E-state index is 0.0662. The smallest absolute Gasteiger partial charge is 0.191 e. The molecule has 0 radical (unpaired) electrons. The van der Waals surface area contributed by atoms with Crippen molar-refractivity contribution >= 4 is 44.9 Å². The number of aromatic nitrogens is 3. The van der Waals surface area contributed by atoms with Crippen molar-refractivity contribution in [1.29, 1.82) is 0 Å². The van der Waals surface area contributed by atoms with Crippen molar-refractivity contribution in [2.45, 2.75) is 51.2 Å². The molecule has 0 spiro atoms. The van der Waals surface area contributed by atoms with E-state index >= 15 is 0 Å². The van der Waals surface area contributed by atoms with E-state index in [0.717, 1.165) is 45.8 Å². The molecule has 1 aliphatic carbocycles. The number of hydrogen-bond donors (Lipinski definition) is 1. The van der Waals surface area contributed by atoms with Crippen molar-refractivity contribution in [3.63, 3.8) is 0 Å². The second kappa shape index (κ2) is 8.16. The summed E-state index contributed by atoms with van der Waals surface area (Å²) in [6, 6.07) is 5.77. The Balaban J connectivity index is 1.34. The zero-order chi connectivity index (χ0) is 21.5. The van der Waals surface area contributed by atoms with Crippen LogP contribution in [0.1, 0.15) is 50.8 Å². The number of anilines is 1. The maximum absolute atomic E-state index is 13.0. The summed E-state index contributed by atoms with van der Waals surface area (Å²) < 4.78 is 7.57. The number of Topliss-reactive ketones (excluding diaryl/α,β-unsaturated/α-hetero) is 1. The van der Waals surface area contributed by atoms with Gasteiger partial charge in [-0.05, 0) is 63.3 Å². The fourth-order valence-electron chi connectivity index (χ4n) is 4.32. The van der Waals surface area contributed by atoms with Gasteiger partial charge in [-0.25, -0.2) is 9.97 Å². The summed E-state index contributed by atoms with van der Waals surface area (Å²) in [5.41, 5.74) is 10.3. The van der Waals surface area contributed by atoms with Crippen LogP contribution in [-0.2, 0) is 19.4 Å². The van der Waals surface area contributed by atoms with Crippen molar-refractivity contribution in [3.05, 3.63) is 57.6 Å². The van der Waals surface area contributed by atoms with E-state index in [2.05, 4.69) is 9.55 Å².